The van der Waals surface area contributed by atoms with Gasteiger partial charge in [0.1, 0.15) is 30.5 Å². The van der Waals surface area contributed by atoms with Gasteiger partial charge in [-0.15, -0.1) is 0 Å². The molecule has 0 aromatic carbocycles. The number of nitrogens with zero attached hydrogens (tertiary/aromatic N) is 4. The summed E-state index contributed by atoms with van der Waals surface area (Å²) in [5.74, 6) is 0.361. The minimum absolute atomic E-state index is 0.0716. The van der Waals surface area contributed by atoms with E-state index in [0.717, 1.165) is 0 Å². The molecule has 1 aliphatic rings. The number of ether oxygens (including phenoxy) is 1. The number of phosphoric acid groups is 1. The van der Waals surface area contributed by atoms with Crippen LogP contribution in [-0.4, -0.2) is 75.6 Å². The molecule has 7 N–H and O–H groups in total. The summed E-state index contributed by atoms with van der Waals surface area (Å²) in [6, 6.07) is 0. The van der Waals surface area contributed by atoms with Crippen LogP contribution in [0.5, 0.6) is 0 Å². The standard InChI is InChI=1S/C13H20N5O8P/c1-5(19)2-7-17-8-11(14)15-4-16-12(8)18(7)13-10(21)9(20)6(26-13)3-25-27(22,23)24/h4-6,9-10,13,19-21H,2-3H2,1H3,(H2,14,15,16)(H2,22,23,24)/t5?,6-,9-,10-,13-/m1/s1. The van der Waals surface area contributed by atoms with E-state index in [0.29, 0.717) is 0 Å². The van der Waals surface area contributed by atoms with Crippen LogP contribution >= 0.6 is 7.82 Å². The van der Waals surface area contributed by atoms with Crippen LogP contribution in [0.3, 0.4) is 0 Å². The van der Waals surface area contributed by atoms with Gasteiger partial charge in [0, 0.05) is 6.42 Å². The number of imidazole rings is 1. The number of anilines is 1. The van der Waals surface area contributed by atoms with Gasteiger partial charge in [0.05, 0.1) is 12.7 Å². The first-order valence-electron chi connectivity index (χ1n) is 7.95. The Kier molecular flexibility index (Phi) is 5.47. The molecule has 2 aromatic rings. The summed E-state index contributed by atoms with van der Waals surface area (Å²) in [6.45, 7) is 0.894. The Morgan fingerprint density at radius 2 is 2.07 bits per heavy atom. The Morgan fingerprint density at radius 1 is 1.37 bits per heavy atom. The van der Waals surface area contributed by atoms with Crippen molar-refractivity contribution in [1.82, 2.24) is 19.5 Å². The predicted octanol–water partition coefficient (Wildman–Crippen LogP) is -1.94. The molecular formula is C13H20N5O8P. The first-order valence-corrected chi connectivity index (χ1v) is 9.48. The predicted molar refractivity (Wildman–Crippen MR) is 89.0 cm³/mol. The zero-order chi connectivity index (χ0) is 19.9. The highest BCUT2D eigenvalue weighted by Crippen LogP contribution is 2.39. The van der Waals surface area contributed by atoms with Crippen LogP contribution in [0.2, 0.25) is 0 Å². The molecule has 13 nitrogen and oxygen atoms in total. The number of hydrogen-bond acceptors (Lipinski definition) is 10. The Hall–Kier alpha value is -1.70. The normalized spacial score (nSPS) is 27.3. The molecule has 0 amide bonds. The van der Waals surface area contributed by atoms with Crippen molar-refractivity contribution in [3.05, 3.63) is 12.2 Å². The van der Waals surface area contributed by atoms with Crippen molar-refractivity contribution < 1.29 is 38.9 Å². The first kappa shape index (κ1) is 20.0. The quantitative estimate of drug-likeness (QED) is 0.290. The summed E-state index contributed by atoms with van der Waals surface area (Å²) in [4.78, 5) is 29.8. The zero-order valence-corrected chi connectivity index (χ0v) is 15.0. The number of aliphatic hydroxyl groups excluding tert-OH is 3. The van der Waals surface area contributed by atoms with Crippen molar-refractivity contribution in [3.8, 4) is 0 Å². The van der Waals surface area contributed by atoms with Gasteiger partial charge >= 0.3 is 7.82 Å². The van der Waals surface area contributed by atoms with Crippen LogP contribution < -0.4 is 5.73 Å². The van der Waals surface area contributed by atoms with E-state index in [4.69, 9.17) is 20.3 Å². The lowest BCUT2D eigenvalue weighted by molar-refractivity contribution is -0.0519. The maximum Gasteiger partial charge on any atom is 0.469 e. The molecule has 0 radical (unpaired) electrons. The summed E-state index contributed by atoms with van der Waals surface area (Å²) in [7, 11) is -4.78. The fraction of sp³-hybridized carbons (Fsp3) is 0.615. The van der Waals surface area contributed by atoms with Gasteiger partial charge in [-0.1, -0.05) is 0 Å². The maximum atomic E-state index is 10.9. The van der Waals surface area contributed by atoms with Gasteiger partial charge in [-0.25, -0.2) is 19.5 Å². The molecule has 150 valence electrons. The topological polar surface area (TPSA) is 206 Å². The van der Waals surface area contributed by atoms with Crippen molar-refractivity contribution in [1.29, 1.82) is 0 Å². The van der Waals surface area contributed by atoms with E-state index in [9.17, 15) is 19.9 Å². The molecule has 2 aromatic heterocycles. The number of aromatic nitrogens is 4. The third kappa shape index (κ3) is 4.10. The van der Waals surface area contributed by atoms with Crippen LogP contribution in [-0.2, 0) is 20.2 Å². The molecule has 1 fully saturated rings. The number of nitrogen functional groups attached to an aromatic ring is 1. The average Bonchev–Trinajstić information content (AvgIpc) is 3.04. The molecule has 0 saturated carbocycles. The minimum Gasteiger partial charge on any atom is -0.393 e. The van der Waals surface area contributed by atoms with Gasteiger partial charge < -0.3 is 35.6 Å². The van der Waals surface area contributed by atoms with E-state index >= 15 is 0 Å². The van der Waals surface area contributed by atoms with Gasteiger partial charge in [-0.2, -0.15) is 0 Å². The summed E-state index contributed by atoms with van der Waals surface area (Å²) in [5, 5.41) is 30.3. The molecule has 27 heavy (non-hydrogen) atoms. The Morgan fingerprint density at radius 3 is 2.70 bits per heavy atom. The van der Waals surface area contributed by atoms with E-state index in [1.54, 1.807) is 0 Å². The average molecular weight is 405 g/mol. The SMILES string of the molecule is CC(O)Cc1nc2c(N)ncnc2n1[C@@H]1O[C@H](COP(=O)(O)O)[C@@H](O)[C@H]1O. The number of nitrogens with two attached hydrogens (primary N) is 1. The number of aliphatic hydroxyl groups is 3. The molecule has 1 unspecified atom stereocenters. The monoisotopic (exact) mass is 405 g/mol. The van der Waals surface area contributed by atoms with Crippen molar-refractivity contribution in [2.24, 2.45) is 0 Å². The first-order chi connectivity index (χ1) is 12.6. The van der Waals surface area contributed by atoms with Crippen LogP contribution in [0.25, 0.3) is 11.2 Å². The van der Waals surface area contributed by atoms with Gasteiger partial charge in [0.2, 0.25) is 0 Å². The smallest absolute Gasteiger partial charge is 0.393 e. The molecule has 1 aliphatic heterocycles. The summed E-state index contributed by atoms with van der Waals surface area (Å²) in [6.07, 6.45) is -4.90. The molecule has 3 rings (SSSR count). The lowest BCUT2D eigenvalue weighted by Gasteiger charge is -2.20. The fourth-order valence-electron chi connectivity index (χ4n) is 2.90. The number of fused-ring (bicyclic) bond motifs is 1. The third-order valence-electron chi connectivity index (χ3n) is 4.06. The van der Waals surface area contributed by atoms with E-state index < -0.39 is 45.1 Å². The van der Waals surface area contributed by atoms with E-state index in [-0.39, 0.29) is 29.2 Å². The van der Waals surface area contributed by atoms with Crippen molar-refractivity contribution in [3.63, 3.8) is 0 Å². The highest BCUT2D eigenvalue weighted by molar-refractivity contribution is 7.46. The summed E-state index contributed by atoms with van der Waals surface area (Å²) >= 11 is 0. The Labute approximate surface area is 152 Å². The van der Waals surface area contributed by atoms with Crippen molar-refractivity contribution in [2.45, 2.75) is 44.0 Å². The van der Waals surface area contributed by atoms with Gasteiger partial charge in [0.15, 0.2) is 23.2 Å². The van der Waals surface area contributed by atoms with Crippen LogP contribution in [0.15, 0.2) is 6.33 Å². The fourth-order valence-corrected chi connectivity index (χ4v) is 3.24. The van der Waals surface area contributed by atoms with E-state index in [2.05, 4.69) is 19.5 Å². The highest BCUT2D eigenvalue weighted by Gasteiger charge is 2.46. The molecule has 0 aliphatic carbocycles. The Bertz CT molecular complexity index is 870. The van der Waals surface area contributed by atoms with E-state index in [1.165, 1.54) is 17.8 Å². The number of rotatable bonds is 6. The van der Waals surface area contributed by atoms with Crippen LogP contribution in [0.4, 0.5) is 5.82 Å². The Balaban J connectivity index is 1.98. The van der Waals surface area contributed by atoms with Gasteiger partial charge in [0.25, 0.3) is 0 Å². The maximum absolute atomic E-state index is 10.9. The minimum atomic E-state index is -4.78. The number of hydrogen-bond donors (Lipinski definition) is 6. The van der Waals surface area contributed by atoms with Crippen LogP contribution in [0.1, 0.15) is 19.0 Å². The lowest BCUT2D eigenvalue weighted by Crippen LogP contribution is -2.34. The zero-order valence-electron chi connectivity index (χ0n) is 14.2. The summed E-state index contributed by atoms with van der Waals surface area (Å²) < 4.78 is 22.2. The van der Waals surface area contributed by atoms with Gasteiger partial charge in [-0.05, 0) is 6.92 Å². The molecular weight excluding hydrogens is 385 g/mol. The molecule has 5 atom stereocenters. The van der Waals surface area contributed by atoms with Crippen molar-refractivity contribution in [2.75, 3.05) is 12.3 Å². The largest absolute Gasteiger partial charge is 0.469 e. The second-order valence-corrected chi connectivity index (χ2v) is 7.45. The second-order valence-electron chi connectivity index (χ2n) is 6.21. The van der Waals surface area contributed by atoms with Crippen LogP contribution in [0, 0.1) is 0 Å². The molecule has 14 heteroatoms. The molecule has 0 bridgehead atoms. The van der Waals surface area contributed by atoms with Crippen molar-refractivity contribution >= 4 is 24.8 Å². The van der Waals surface area contributed by atoms with Gasteiger partial charge in [-0.3, -0.25) is 9.09 Å². The van der Waals surface area contributed by atoms with E-state index in [1.807, 2.05) is 0 Å². The lowest BCUT2D eigenvalue weighted by atomic mass is 10.1. The number of phosphoric ester groups is 1. The third-order valence-corrected chi connectivity index (χ3v) is 4.54. The molecule has 3 heterocycles. The highest BCUT2D eigenvalue weighted by atomic mass is 31.2. The summed E-state index contributed by atoms with van der Waals surface area (Å²) in [5.41, 5.74) is 6.25. The molecule has 0 spiro atoms. The molecule has 1 saturated heterocycles. The second kappa shape index (κ2) is 7.37.